The average molecular weight is 234 g/mol. The molecule has 1 aliphatic carbocycles. The van der Waals surface area contributed by atoms with Gasteiger partial charge in [-0.15, -0.1) is 0 Å². The lowest BCUT2D eigenvalue weighted by Gasteiger charge is -2.27. The Bertz CT molecular complexity index is 249. The predicted molar refractivity (Wildman–Crippen MR) is 42.1 cm³/mol. The Balaban J connectivity index is 3.28. The second-order valence-electron chi connectivity index (χ2n) is 4.30. The molecule has 90 valence electrons. The Morgan fingerprint density at radius 3 is 1.40 bits per heavy atom. The quantitative estimate of drug-likeness (QED) is 0.597. The van der Waals surface area contributed by atoms with Crippen molar-refractivity contribution in [2.75, 3.05) is 0 Å². The van der Waals surface area contributed by atoms with Crippen molar-refractivity contribution in [2.45, 2.75) is 39.5 Å². The Morgan fingerprint density at radius 1 is 1.00 bits per heavy atom. The van der Waals surface area contributed by atoms with Crippen LogP contribution in [0.3, 0.4) is 0 Å². The molecule has 0 aromatic carbocycles. The summed E-state index contributed by atoms with van der Waals surface area (Å²) in [6.07, 6.45) is -10.6. The highest BCUT2D eigenvalue weighted by Crippen LogP contribution is 2.81. The summed E-state index contributed by atoms with van der Waals surface area (Å²) in [7, 11) is 0. The van der Waals surface area contributed by atoms with Crippen LogP contribution in [-0.2, 0) is 0 Å². The zero-order valence-corrected chi connectivity index (χ0v) is 8.55. The fourth-order valence-electron chi connectivity index (χ4n) is 2.80. The van der Waals surface area contributed by atoms with Gasteiger partial charge in [0.1, 0.15) is 0 Å². The summed E-state index contributed by atoms with van der Waals surface area (Å²) in [6, 6.07) is 0. The van der Waals surface area contributed by atoms with Crippen molar-refractivity contribution in [2.24, 2.45) is 16.7 Å². The minimum absolute atomic E-state index is 0.132. The molecule has 0 heterocycles. The molecule has 0 N–H and O–H groups in total. The largest absolute Gasteiger partial charge is 0.404 e. The molecule has 0 aromatic heterocycles. The molecule has 15 heavy (non-hydrogen) atoms. The van der Waals surface area contributed by atoms with Crippen molar-refractivity contribution in [3.8, 4) is 0 Å². The Morgan fingerprint density at radius 2 is 1.33 bits per heavy atom. The molecule has 6 heteroatoms. The SMILES string of the molecule is CCC1(C)C(C)C1(C(F)(F)F)C(F)(F)F. The highest BCUT2D eigenvalue weighted by Gasteiger charge is 2.92. The Hall–Kier alpha value is -0.420. The van der Waals surface area contributed by atoms with E-state index in [1.165, 1.54) is 6.92 Å². The van der Waals surface area contributed by atoms with E-state index in [2.05, 4.69) is 0 Å². The van der Waals surface area contributed by atoms with Crippen molar-refractivity contribution in [3.05, 3.63) is 0 Å². The maximum atomic E-state index is 12.6. The first-order chi connectivity index (χ1) is 6.47. The van der Waals surface area contributed by atoms with Crippen LogP contribution in [0.1, 0.15) is 27.2 Å². The summed E-state index contributed by atoms with van der Waals surface area (Å²) >= 11 is 0. The van der Waals surface area contributed by atoms with Crippen molar-refractivity contribution in [3.63, 3.8) is 0 Å². The van der Waals surface area contributed by atoms with Gasteiger partial charge in [0.2, 0.25) is 0 Å². The van der Waals surface area contributed by atoms with Gasteiger partial charge in [-0.1, -0.05) is 20.8 Å². The fraction of sp³-hybridized carbons (Fsp3) is 1.00. The van der Waals surface area contributed by atoms with Crippen molar-refractivity contribution >= 4 is 0 Å². The van der Waals surface area contributed by atoms with Crippen LogP contribution in [-0.4, -0.2) is 12.4 Å². The third kappa shape index (κ3) is 1.16. The summed E-state index contributed by atoms with van der Waals surface area (Å²) in [4.78, 5) is 0. The first-order valence-electron chi connectivity index (χ1n) is 4.60. The standard InChI is InChI=1S/C9H12F6/c1-4-6(3)5(2)7(6,8(10,11)12)9(13,14)15/h5H,4H2,1-3H3. The maximum absolute atomic E-state index is 12.6. The topological polar surface area (TPSA) is 0 Å². The lowest BCUT2D eigenvalue weighted by molar-refractivity contribution is -0.315. The summed E-state index contributed by atoms with van der Waals surface area (Å²) in [6.45, 7) is 3.43. The zero-order chi connectivity index (χ0) is 12.3. The number of alkyl halides is 6. The third-order valence-corrected chi connectivity index (χ3v) is 4.05. The van der Waals surface area contributed by atoms with Gasteiger partial charge in [-0.05, 0) is 17.8 Å². The Kier molecular flexibility index (Phi) is 2.38. The number of hydrogen-bond donors (Lipinski definition) is 0. The highest BCUT2D eigenvalue weighted by atomic mass is 19.4. The molecule has 1 aliphatic rings. The van der Waals surface area contributed by atoms with E-state index >= 15 is 0 Å². The molecule has 2 atom stereocenters. The van der Waals surface area contributed by atoms with E-state index in [1.807, 2.05) is 0 Å². The van der Waals surface area contributed by atoms with Crippen LogP contribution in [0.15, 0.2) is 0 Å². The fourth-order valence-corrected chi connectivity index (χ4v) is 2.80. The smallest absolute Gasteiger partial charge is 0.170 e. The molecule has 0 bridgehead atoms. The van der Waals surface area contributed by atoms with Crippen LogP contribution in [0.25, 0.3) is 0 Å². The lowest BCUT2D eigenvalue weighted by atomic mass is 9.91. The molecule has 0 amide bonds. The lowest BCUT2D eigenvalue weighted by Crippen LogP contribution is -2.43. The van der Waals surface area contributed by atoms with Crippen LogP contribution < -0.4 is 0 Å². The van der Waals surface area contributed by atoms with E-state index in [0.29, 0.717) is 0 Å². The monoisotopic (exact) mass is 234 g/mol. The van der Waals surface area contributed by atoms with Crippen molar-refractivity contribution in [1.82, 2.24) is 0 Å². The van der Waals surface area contributed by atoms with Gasteiger partial charge in [-0.25, -0.2) is 0 Å². The zero-order valence-electron chi connectivity index (χ0n) is 8.55. The normalized spacial score (nSPS) is 35.4. The first kappa shape index (κ1) is 12.6. The van der Waals surface area contributed by atoms with Crippen LogP contribution >= 0.6 is 0 Å². The minimum Gasteiger partial charge on any atom is -0.170 e. The summed E-state index contributed by atoms with van der Waals surface area (Å²) in [5.74, 6) is -1.41. The van der Waals surface area contributed by atoms with Crippen molar-refractivity contribution in [1.29, 1.82) is 0 Å². The van der Waals surface area contributed by atoms with Crippen LogP contribution in [0.5, 0.6) is 0 Å². The molecule has 1 fully saturated rings. The minimum atomic E-state index is -5.23. The van der Waals surface area contributed by atoms with Gasteiger partial charge >= 0.3 is 12.4 Å². The van der Waals surface area contributed by atoms with Crippen molar-refractivity contribution < 1.29 is 26.3 Å². The third-order valence-electron chi connectivity index (χ3n) is 4.05. The first-order valence-corrected chi connectivity index (χ1v) is 4.60. The van der Waals surface area contributed by atoms with E-state index < -0.39 is 29.1 Å². The number of halogens is 6. The second kappa shape index (κ2) is 2.83. The second-order valence-corrected chi connectivity index (χ2v) is 4.30. The molecule has 1 saturated carbocycles. The molecule has 0 spiro atoms. The summed E-state index contributed by atoms with van der Waals surface area (Å²) in [5, 5.41) is 0. The van der Waals surface area contributed by atoms with E-state index in [9.17, 15) is 26.3 Å². The number of rotatable bonds is 1. The molecule has 0 aliphatic heterocycles. The summed E-state index contributed by atoms with van der Waals surface area (Å²) < 4.78 is 75.6. The molecule has 0 radical (unpaired) electrons. The molecule has 0 nitrogen and oxygen atoms in total. The molecule has 0 saturated heterocycles. The van der Waals surface area contributed by atoms with E-state index in [4.69, 9.17) is 0 Å². The van der Waals surface area contributed by atoms with Gasteiger partial charge in [-0.2, -0.15) is 26.3 Å². The maximum Gasteiger partial charge on any atom is 0.404 e. The molecular weight excluding hydrogens is 222 g/mol. The van der Waals surface area contributed by atoms with E-state index in [1.54, 1.807) is 0 Å². The van der Waals surface area contributed by atoms with Gasteiger partial charge in [0.05, 0.1) is 0 Å². The van der Waals surface area contributed by atoms with Gasteiger partial charge in [0.25, 0.3) is 0 Å². The molecule has 1 rings (SSSR count). The number of hydrogen-bond acceptors (Lipinski definition) is 0. The average Bonchev–Trinajstić information content (AvgIpc) is 2.49. The predicted octanol–water partition coefficient (Wildman–Crippen LogP) is 4.16. The Labute approximate surface area is 83.6 Å². The van der Waals surface area contributed by atoms with E-state index in [0.717, 1.165) is 13.8 Å². The van der Waals surface area contributed by atoms with Crippen LogP contribution in [0.4, 0.5) is 26.3 Å². The van der Waals surface area contributed by atoms with E-state index in [-0.39, 0.29) is 6.42 Å². The molecular formula is C9H12F6. The highest BCUT2D eigenvalue weighted by molar-refractivity contribution is 5.23. The molecule has 0 aromatic rings. The van der Waals surface area contributed by atoms with Gasteiger partial charge in [0.15, 0.2) is 5.41 Å². The van der Waals surface area contributed by atoms with Gasteiger partial charge in [-0.3, -0.25) is 0 Å². The molecule has 2 unspecified atom stereocenters. The van der Waals surface area contributed by atoms with Gasteiger partial charge < -0.3 is 0 Å². The van der Waals surface area contributed by atoms with Crippen LogP contribution in [0, 0.1) is 16.7 Å². The van der Waals surface area contributed by atoms with Gasteiger partial charge in [0, 0.05) is 0 Å². The van der Waals surface area contributed by atoms with Crippen LogP contribution in [0.2, 0.25) is 0 Å². The summed E-state index contributed by atoms with van der Waals surface area (Å²) in [5.41, 5.74) is -5.23.